The lowest BCUT2D eigenvalue weighted by molar-refractivity contribution is -0.137. The molecule has 0 bridgehead atoms. The molecule has 1 saturated carbocycles. The van der Waals surface area contributed by atoms with E-state index >= 15 is 0 Å². The molecule has 1 fully saturated rings. The van der Waals surface area contributed by atoms with E-state index in [0.717, 1.165) is 12.8 Å². The van der Waals surface area contributed by atoms with Gasteiger partial charge in [-0.3, -0.25) is 4.79 Å². The number of carboxylic acids is 1. The van der Waals surface area contributed by atoms with E-state index in [1.165, 1.54) is 10.9 Å². The minimum atomic E-state index is -1.000. The number of aliphatic carboxylic acids is 1. The van der Waals surface area contributed by atoms with Gasteiger partial charge < -0.3 is 15.3 Å². The van der Waals surface area contributed by atoms with Gasteiger partial charge in [-0.15, -0.1) is 11.5 Å². The van der Waals surface area contributed by atoms with E-state index in [0.29, 0.717) is 18.2 Å². The van der Waals surface area contributed by atoms with Crippen LogP contribution in [0.15, 0.2) is 6.20 Å². The third-order valence-electron chi connectivity index (χ3n) is 3.05. The number of terminal acetylenes is 1. The highest BCUT2D eigenvalue weighted by atomic mass is 16.4. The van der Waals surface area contributed by atoms with Crippen molar-refractivity contribution in [1.29, 1.82) is 0 Å². The summed E-state index contributed by atoms with van der Waals surface area (Å²) in [4.78, 5) is 24.2. The summed E-state index contributed by atoms with van der Waals surface area (Å²) in [5, 5.41) is 18.8. The van der Waals surface area contributed by atoms with Crippen LogP contribution in [0.2, 0.25) is 0 Å². The molecule has 8 nitrogen and oxygen atoms in total. The first kappa shape index (κ1) is 14.8. The molecule has 2 N–H and O–H groups in total. The molecule has 0 spiro atoms. The second-order valence-corrected chi connectivity index (χ2v) is 4.99. The predicted molar refractivity (Wildman–Crippen MR) is 73.0 cm³/mol. The lowest BCUT2D eigenvalue weighted by Crippen LogP contribution is -2.41. The maximum atomic E-state index is 12.0. The van der Waals surface area contributed by atoms with Gasteiger partial charge in [0.15, 0.2) is 0 Å². The van der Waals surface area contributed by atoms with Crippen LogP contribution in [0.4, 0.5) is 4.79 Å². The smallest absolute Gasteiger partial charge is 0.325 e. The zero-order valence-electron chi connectivity index (χ0n) is 11.5. The summed E-state index contributed by atoms with van der Waals surface area (Å²) in [6.07, 6.45) is 9.03. The van der Waals surface area contributed by atoms with Crippen molar-refractivity contribution in [2.24, 2.45) is 5.92 Å². The molecule has 1 aromatic rings. The number of rotatable bonds is 7. The van der Waals surface area contributed by atoms with Crippen molar-refractivity contribution < 1.29 is 14.7 Å². The molecule has 0 unspecified atom stereocenters. The van der Waals surface area contributed by atoms with Crippen LogP contribution in [0.1, 0.15) is 18.5 Å². The average Bonchev–Trinajstić information content (AvgIpc) is 3.14. The summed E-state index contributed by atoms with van der Waals surface area (Å²) in [5.41, 5.74) is 0.497. The fourth-order valence-corrected chi connectivity index (χ4v) is 1.85. The molecule has 1 aliphatic carbocycles. The monoisotopic (exact) mass is 291 g/mol. The first-order valence-electron chi connectivity index (χ1n) is 6.65. The molecule has 0 aromatic carbocycles. The second kappa shape index (κ2) is 6.74. The van der Waals surface area contributed by atoms with E-state index in [9.17, 15) is 9.59 Å². The summed E-state index contributed by atoms with van der Waals surface area (Å²) >= 11 is 0. The fraction of sp³-hybridized carbons (Fsp3) is 0.538. The highest BCUT2D eigenvalue weighted by molar-refractivity contribution is 5.74. The number of nitrogens with one attached hydrogen (secondary N) is 1. The number of carbonyl (C=O) groups excluding carboxylic acids is 1. The topological polar surface area (TPSA) is 100 Å². The molecule has 1 aromatic heterocycles. The molecule has 8 heteroatoms. The summed E-state index contributed by atoms with van der Waals surface area (Å²) in [6.45, 7) is 0.867. The minimum absolute atomic E-state index is 0.185. The SMILES string of the molecule is C#CCN(CC1CC1)C(=O)NCc1cn(CC(=O)O)nn1. The Kier molecular flexibility index (Phi) is 4.77. The van der Waals surface area contributed by atoms with Crippen LogP contribution in [-0.4, -0.2) is 50.1 Å². The zero-order chi connectivity index (χ0) is 15.2. The number of carboxylic acid groups (broad SMARTS) is 1. The molecular formula is C13H17N5O3. The third kappa shape index (κ3) is 4.80. The van der Waals surface area contributed by atoms with Gasteiger partial charge in [0.25, 0.3) is 0 Å². The minimum Gasteiger partial charge on any atom is -0.480 e. The van der Waals surface area contributed by atoms with Gasteiger partial charge in [-0.2, -0.15) is 0 Å². The van der Waals surface area contributed by atoms with Crippen molar-refractivity contribution in [1.82, 2.24) is 25.2 Å². The lowest BCUT2D eigenvalue weighted by Gasteiger charge is -2.20. The van der Waals surface area contributed by atoms with Crippen LogP contribution >= 0.6 is 0 Å². The van der Waals surface area contributed by atoms with Gasteiger partial charge in [0.05, 0.1) is 19.3 Å². The van der Waals surface area contributed by atoms with Crippen LogP contribution in [0.3, 0.4) is 0 Å². The molecule has 0 saturated heterocycles. The molecule has 2 rings (SSSR count). The van der Waals surface area contributed by atoms with Crippen LogP contribution in [0.5, 0.6) is 0 Å². The van der Waals surface area contributed by atoms with Crippen LogP contribution < -0.4 is 5.32 Å². The van der Waals surface area contributed by atoms with E-state index in [-0.39, 0.29) is 25.7 Å². The summed E-state index contributed by atoms with van der Waals surface area (Å²) < 4.78 is 1.20. The number of hydrogen-bond acceptors (Lipinski definition) is 4. The van der Waals surface area contributed by atoms with Crippen LogP contribution in [0.25, 0.3) is 0 Å². The van der Waals surface area contributed by atoms with Gasteiger partial charge in [-0.25, -0.2) is 9.48 Å². The Morgan fingerprint density at radius 2 is 2.33 bits per heavy atom. The Morgan fingerprint density at radius 1 is 1.57 bits per heavy atom. The van der Waals surface area contributed by atoms with Gasteiger partial charge in [-0.05, 0) is 18.8 Å². The molecule has 21 heavy (non-hydrogen) atoms. The summed E-state index contributed by atoms with van der Waals surface area (Å²) in [5.74, 6) is 2.03. The van der Waals surface area contributed by atoms with Gasteiger partial charge in [0, 0.05) is 6.54 Å². The average molecular weight is 291 g/mol. The fourth-order valence-electron chi connectivity index (χ4n) is 1.85. The number of urea groups is 1. The Balaban J connectivity index is 1.82. The Bertz CT molecular complexity index is 558. The molecule has 0 atom stereocenters. The maximum absolute atomic E-state index is 12.0. The van der Waals surface area contributed by atoms with Crippen molar-refractivity contribution in [3.8, 4) is 12.3 Å². The normalized spacial score (nSPS) is 13.5. The van der Waals surface area contributed by atoms with Crippen LogP contribution in [0, 0.1) is 18.3 Å². The van der Waals surface area contributed by atoms with Crippen LogP contribution in [-0.2, 0) is 17.9 Å². The quantitative estimate of drug-likeness (QED) is 0.684. The molecule has 112 valence electrons. The van der Waals surface area contributed by atoms with Crippen molar-refractivity contribution in [3.05, 3.63) is 11.9 Å². The highest BCUT2D eigenvalue weighted by Crippen LogP contribution is 2.29. The molecule has 2 amide bonds. The standard InChI is InChI=1S/C13H17N5O3/c1-2-5-17(7-10-3-4-10)13(21)14-6-11-8-18(16-15-11)9-12(19)20/h1,8,10H,3-7,9H2,(H,14,21)(H,19,20). The number of amides is 2. The lowest BCUT2D eigenvalue weighted by atomic mass is 10.3. The third-order valence-corrected chi connectivity index (χ3v) is 3.05. The van der Waals surface area contributed by atoms with E-state index in [1.54, 1.807) is 4.90 Å². The molecular weight excluding hydrogens is 274 g/mol. The molecule has 1 heterocycles. The number of carbonyl (C=O) groups is 2. The van der Waals surface area contributed by atoms with Gasteiger partial charge in [-0.1, -0.05) is 11.1 Å². The van der Waals surface area contributed by atoms with Gasteiger partial charge in [0.2, 0.25) is 0 Å². The van der Waals surface area contributed by atoms with E-state index in [2.05, 4.69) is 21.5 Å². The van der Waals surface area contributed by atoms with E-state index in [4.69, 9.17) is 11.5 Å². The molecule has 1 aliphatic rings. The second-order valence-electron chi connectivity index (χ2n) is 4.99. The van der Waals surface area contributed by atoms with E-state index in [1.807, 2.05) is 0 Å². The first-order valence-corrected chi connectivity index (χ1v) is 6.65. The first-order chi connectivity index (χ1) is 10.1. The largest absolute Gasteiger partial charge is 0.480 e. The zero-order valence-corrected chi connectivity index (χ0v) is 11.5. The predicted octanol–water partition coefficient (Wildman–Crippen LogP) is -0.0825. The number of hydrogen-bond donors (Lipinski definition) is 2. The molecule has 0 radical (unpaired) electrons. The number of nitrogens with zero attached hydrogens (tertiary/aromatic N) is 4. The Morgan fingerprint density at radius 3 is 2.95 bits per heavy atom. The molecule has 0 aliphatic heterocycles. The van der Waals surface area contributed by atoms with Crippen molar-refractivity contribution in [3.63, 3.8) is 0 Å². The van der Waals surface area contributed by atoms with E-state index < -0.39 is 5.97 Å². The highest BCUT2D eigenvalue weighted by Gasteiger charge is 2.26. The van der Waals surface area contributed by atoms with Crippen molar-refractivity contribution in [2.75, 3.05) is 13.1 Å². The van der Waals surface area contributed by atoms with Crippen molar-refractivity contribution in [2.45, 2.75) is 25.9 Å². The number of aromatic nitrogens is 3. The Labute approximate surface area is 122 Å². The summed E-state index contributed by atoms with van der Waals surface area (Å²) in [6, 6.07) is -0.243. The van der Waals surface area contributed by atoms with Crippen molar-refractivity contribution >= 4 is 12.0 Å². The van der Waals surface area contributed by atoms with Gasteiger partial charge >= 0.3 is 12.0 Å². The summed E-state index contributed by atoms with van der Waals surface area (Å²) in [7, 11) is 0. The Hall–Kier alpha value is -2.56. The maximum Gasteiger partial charge on any atom is 0.325 e. The van der Waals surface area contributed by atoms with Gasteiger partial charge in [0.1, 0.15) is 12.2 Å².